The van der Waals surface area contributed by atoms with Crippen LogP contribution in [-0.2, 0) is 0 Å². The van der Waals surface area contributed by atoms with Crippen molar-refractivity contribution in [3.05, 3.63) is 28.8 Å². The minimum absolute atomic E-state index is 0.0156. The van der Waals surface area contributed by atoms with Gasteiger partial charge in [0.2, 0.25) is 0 Å². The van der Waals surface area contributed by atoms with E-state index in [4.69, 9.17) is 21.4 Å². The third kappa shape index (κ3) is 4.69. The van der Waals surface area contributed by atoms with Crippen molar-refractivity contribution in [2.75, 3.05) is 13.2 Å². The highest BCUT2D eigenvalue weighted by Crippen LogP contribution is 2.23. The van der Waals surface area contributed by atoms with E-state index in [1.807, 2.05) is 20.8 Å². The van der Waals surface area contributed by atoms with Gasteiger partial charge in [0.1, 0.15) is 5.75 Å². The van der Waals surface area contributed by atoms with E-state index in [0.717, 1.165) is 6.42 Å². The molecule has 0 aromatic heterocycles. The molecule has 1 rings (SSSR count). The molecule has 5 heteroatoms. The summed E-state index contributed by atoms with van der Waals surface area (Å²) in [5, 5.41) is 12.4. The molecule has 2 N–H and O–H groups in total. The maximum absolute atomic E-state index is 12.3. The second-order valence-corrected chi connectivity index (χ2v) is 5.35. The van der Waals surface area contributed by atoms with Crippen LogP contribution >= 0.6 is 11.6 Å². The van der Waals surface area contributed by atoms with Crippen LogP contribution in [0.4, 0.5) is 0 Å². The fraction of sp³-hybridized carbons (Fsp3) is 0.533. The van der Waals surface area contributed by atoms with Crippen molar-refractivity contribution in [1.82, 2.24) is 5.32 Å². The topological polar surface area (TPSA) is 58.6 Å². The lowest BCUT2D eigenvalue weighted by atomic mass is 10.0. The molecule has 2 atom stereocenters. The zero-order valence-corrected chi connectivity index (χ0v) is 12.9. The molecule has 0 bridgehead atoms. The van der Waals surface area contributed by atoms with E-state index in [9.17, 15) is 4.79 Å². The van der Waals surface area contributed by atoms with E-state index < -0.39 is 0 Å². The molecular formula is C15H22ClNO3. The first kappa shape index (κ1) is 16.8. The normalized spacial score (nSPS) is 13.7. The number of hydrogen-bond donors (Lipinski definition) is 2. The standard InChI is InChI=1S/C15H22ClNO3/c1-4-7-20-14-6-5-12(16)8-13(14)15(19)17-11(3)10(2)9-18/h5-6,8,10-11,18H,4,7,9H2,1-3H3,(H,17,19). The molecule has 0 aliphatic carbocycles. The molecule has 0 saturated carbocycles. The zero-order valence-electron chi connectivity index (χ0n) is 12.1. The number of benzene rings is 1. The van der Waals surface area contributed by atoms with Crippen molar-refractivity contribution < 1.29 is 14.6 Å². The summed E-state index contributed by atoms with van der Waals surface area (Å²) in [5.74, 6) is 0.266. The molecule has 0 spiro atoms. The molecule has 0 saturated heterocycles. The van der Waals surface area contributed by atoms with E-state index in [-0.39, 0.29) is 24.5 Å². The van der Waals surface area contributed by atoms with Gasteiger partial charge < -0.3 is 15.2 Å². The molecule has 20 heavy (non-hydrogen) atoms. The Labute approximate surface area is 125 Å². The molecular weight excluding hydrogens is 278 g/mol. The van der Waals surface area contributed by atoms with Gasteiger partial charge >= 0.3 is 0 Å². The first-order chi connectivity index (χ1) is 9.49. The Bertz CT molecular complexity index is 451. The summed E-state index contributed by atoms with van der Waals surface area (Å²) in [5.41, 5.74) is 0.419. The van der Waals surface area contributed by atoms with Crippen LogP contribution in [-0.4, -0.2) is 30.3 Å². The predicted molar refractivity (Wildman–Crippen MR) is 80.4 cm³/mol. The zero-order chi connectivity index (χ0) is 15.1. The van der Waals surface area contributed by atoms with Gasteiger partial charge in [-0.05, 0) is 37.5 Å². The third-order valence-corrected chi connectivity index (χ3v) is 3.38. The number of aliphatic hydroxyl groups is 1. The van der Waals surface area contributed by atoms with E-state index in [1.54, 1.807) is 18.2 Å². The maximum Gasteiger partial charge on any atom is 0.255 e. The van der Waals surface area contributed by atoms with Crippen molar-refractivity contribution in [1.29, 1.82) is 0 Å². The molecule has 1 amide bonds. The Morgan fingerprint density at radius 1 is 1.45 bits per heavy atom. The minimum atomic E-state index is -0.244. The lowest BCUT2D eigenvalue weighted by Gasteiger charge is -2.20. The molecule has 0 radical (unpaired) electrons. The number of amides is 1. The van der Waals surface area contributed by atoms with Gasteiger partial charge in [-0.1, -0.05) is 25.4 Å². The summed E-state index contributed by atoms with van der Waals surface area (Å²) >= 11 is 5.95. The van der Waals surface area contributed by atoms with Crippen molar-refractivity contribution in [3.63, 3.8) is 0 Å². The van der Waals surface area contributed by atoms with E-state index in [0.29, 0.717) is 22.9 Å². The molecule has 1 aromatic rings. The minimum Gasteiger partial charge on any atom is -0.493 e. The maximum atomic E-state index is 12.3. The highest BCUT2D eigenvalue weighted by atomic mass is 35.5. The van der Waals surface area contributed by atoms with Gasteiger partial charge in [-0.3, -0.25) is 4.79 Å². The monoisotopic (exact) mass is 299 g/mol. The van der Waals surface area contributed by atoms with Crippen molar-refractivity contribution >= 4 is 17.5 Å². The van der Waals surface area contributed by atoms with Gasteiger partial charge in [-0.25, -0.2) is 0 Å². The van der Waals surface area contributed by atoms with Crippen LogP contribution in [0.1, 0.15) is 37.6 Å². The molecule has 0 heterocycles. The van der Waals surface area contributed by atoms with E-state index >= 15 is 0 Å². The largest absolute Gasteiger partial charge is 0.493 e. The number of carbonyl (C=O) groups excluding carboxylic acids is 1. The van der Waals surface area contributed by atoms with Gasteiger partial charge in [-0.15, -0.1) is 0 Å². The second-order valence-electron chi connectivity index (χ2n) is 4.91. The molecule has 112 valence electrons. The lowest BCUT2D eigenvalue weighted by Crippen LogP contribution is -2.38. The first-order valence-corrected chi connectivity index (χ1v) is 7.21. The Hall–Kier alpha value is -1.26. The average Bonchev–Trinajstić information content (AvgIpc) is 2.44. The smallest absolute Gasteiger partial charge is 0.255 e. The third-order valence-electron chi connectivity index (χ3n) is 3.15. The Morgan fingerprint density at radius 3 is 2.75 bits per heavy atom. The van der Waals surface area contributed by atoms with Crippen molar-refractivity contribution in [2.24, 2.45) is 5.92 Å². The number of hydrogen-bond acceptors (Lipinski definition) is 3. The first-order valence-electron chi connectivity index (χ1n) is 6.83. The summed E-state index contributed by atoms with van der Waals surface area (Å²) in [6.07, 6.45) is 0.863. The Balaban J connectivity index is 2.87. The molecule has 2 unspecified atom stereocenters. The molecule has 1 aromatic carbocycles. The number of nitrogens with one attached hydrogen (secondary N) is 1. The summed E-state index contributed by atoms with van der Waals surface area (Å²) in [6.45, 7) is 6.30. The van der Waals surface area contributed by atoms with Crippen LogP contribution in [0.3, 0.4) is 0 Å². The number of aliphatic hydroxyl groups excluding tert-OH is 1. The predicted octanol–water partition coefficient (Wildman–Crippen LogP) is 2.88. The van der Waals surface area contributed by atoms with E-state index in [1.165, 1.54) is 0 Å². The fourth-order valence-corrected chi connectivity index (χ4v) is 1.77. The van der Waals surface area contributed by atoms with Crippen LogP contribution in [0.2, 0.25) is 5.02 Å². The Morgan fingerprint density at radius 2 is 2.15 bits per heavy atom. The Kier molecular flexibility index (Phi) is 6.82. The second kappa shape index (κ2) is 8.12. The van der Waals surface area contributed by atoms with Crippen molar-refractivity contribution in [3.8, 4) is 5.75 Å². The number of rotatable bonds is 7. The van der Waals surface area contributed by atoms with Crippen LogP contribution in [0.15, 0.2) is 18.2 Å². The van der Waals surface area contributed by atoms with Gasteiger partial charge in [0.25, 0.3) is 5.91 Å². The van der Waals surface area contributed by atoms with Gasteiger partial charge in [-0.2, -0.15) is 0 Å². The van der Waals surface area contributed by atoms with Crippen LogP contribution < -0.4 is 10.1 Å². The SMILES string of the molecule is CCCOc1ccc(Cl)cc1C(=O)NC(C)C(C)CO. The average molecular weight is 300 g/mol. The quantitative estimate of drug-likeness (QED) is 0.814. The lowest BCUT2D eigenvalue weighted by molar-refractivity contribution is 0.0912. The molecule has 4 nitrogen and oxygen atoms in total. The van der Waals surface area contributed by atoms with Crippen molar-refractivity contribution in [2.45, 2.75) is 33.2 Å². The van der Waals surface area contributed by atoms with Gasteiger partial charge in [0.15, 0.2) is 0 Å². The summed E-state index contributed by atoms with van der Waals surface area (Å²) in [6, 6.07) is 4.86. The highest BCUT2D eigenvalue weighted by molar-refractivity contribution is 6.31. The number of carbonyl (C=O) groups is 1. The van der Waals surface area contributed by atoms with Crippen LogP contribution in [0, 0.1) is 5.92 Å². The van der Waals surface area contributed by atoms with E-state index in [2.05, 4.69) is 5.32 Å². The molecule has 0 aliphatic rings. The summed E-state index contributed by atoms with van der Waals surface area (Å²) in [4.78, 5) is 12.3. The fourth-order valence-electron chi connectivity index (χ4n) is 1.60. The number of halogens is 1. The number of ether oxygens (including phenoxy) is 1. The van der Waals surface area contributed by atoms with Crippen LogP contribution in [0.25, 0.3) is 0 Å². The summed E-state index contributed by atoms with van der Waals surface area (Å²) < 4.78 is 5.56. The molecule has 0 fully saturated rings. The van der Waals surface area contributed by atoms with Gasteiger partial charge in [0.05, 0.1) is 12.2 Å². The van der Waals surface area contributed by atoms with Gasteiger partial charge in [0, 0.05) is 17.7 Å². The molecule has 0 aliphatic heterocycles. The highest BCUT2D eigenvalue weighted by Gasteiger charge is 2.18. The summed E-state index contributed by atoms with van der Waals surface area (Å²) in [7, 11) is 0. The van der Waals surface area contributed by atoms with Crippen LogP contribution in [0.5, 0.6) is 5.75 Å².